The van der Waals surface area contributed by atoms with E-state index in [1.807, 2.05) is 0 Å². The standard InChI is InChI=1S/C15H22N2O/c1-3-12(14-5-2-6-16-10-14)9-13(4-1)15-11-17-7-8-18-15/h1,3-4,9,14-17H,2,5-8,10-11H2. The first-order valence-corrected chi connectivity index (χ1v) is 7.06. The molecule has 0 spiro atoms. The van der Waals surface area contributed by atoms with Gasteiger partial charge in [0.25, 0.3) is 0 Å². The second-order valence-electron chi connectivity index (χ2n) is 5.28. The number of morpholine rings is 1. The average molecular weight is 246 g/mol. The lowest BCUT2D eigenvalue weighted by atomic mass is 9.90. The lowest BCUT2D eigenvalue weighted by Crippen LogP contribution is -2.33. The van der Waals surface area contributed by atoms with Gasteiger partial charge in [-0.05, 0) is 36.4 Å². The van der Waals surface area contributed by atoms with Crippen molar-refractivity contribution in [3.05, 3.63) is 35.4 Å². The van der Waals surface area contributed by atoms with Gasteiger partial charge < -0.3 is 15.4 Å². The fraction of sp³-hybridized carbons (Fsp3) is 0.600. The van der Waals surface area contributed by atoms with Crippen LogP contribution in [0.15, 0.2) is 24.3 Å². The molecule has 1 aromatic rings. The molecular formula is C15H22N2O. The maximum absolute atomic E-state index is 5.83. The summed E-state index contributed by atoms with van der Waals surface area (Å²) >= 11 is 0. The van der Waals surface area contributed by atoms with Crippen molar-refractivity contribution in [2.24, 2.45) is 0 Å². The Hall–Kier alpha value is -0.900. The summed E-state index contributed by atoms with van der Waals surface area (Å²) in [6.07, 6.45) is 2.83. The molecule has 0 radical (unpaired) electrons. The second-order valence-corrected chi connectivity index (χ2v) is 5.28. The molecule has 0 saturated carbocycles. The Morgan fingerprint density at radius 2 is 1.94 bits per heavy atom. The summed E-state index contributed by atoms with van der Waals surface area (Å²) in [5.74, 6) is 0.676. The van der Waals surface area contributed by atoms with Gasteiger partial charge in [0.15, 0.2) is 0 Å². The van der Waals surface area contributed by atoms with Crippen LogP contribution in [-0.4, -0.2) is 32.8 Å². The fourth-order valence-corrected chi connectivity index (χ4v) is 2.93. The molecular weight excluding hydrogens is 224 g/mol. The van der Waals surface area contributed by atoms with Gasteiger partial charge in [-0.25, -0.2) is 0 Å². The third-order valence-corrected chi connectivity index (χ3v) is 3.98. The summed E-state index contributed by atoms with van der Waals surface area (Å²) in [5.41, 5.74) is 2.79. The van der Waals surface area contributed by atoms with E-state index in [2.05, 4.69) is 34.9 Å². The van der Waals surface area contributed by atoms with Gasteiger partial charge in [-0.3, -0.25) is 0 Å². The zero-order chi connectivity index (χ0) is 12.2. The van der Waals surface area contributed by atoms with Gasteiger partial charge in [0.2, 0.25) is 0 Å². The third kappa shape index (κ3) is 2.74. The monoisotopic (exact) mass is 246 g/mol. The summed E-state index contributed by atoms with van der Waals surface area (Å²) in [4.78, 5) is 0. The van der Waals surface area contributed by atoms with Crippen LogP contribution in [0.5, 0.6) is 0 Å². The van der Waals surface area contributed by atoms with Crippen LogP contribution in [0.1, 0.15) is 36.0 Å². The van der Waals surface area contributed by atoms with Crippen LogP contribution in [0.4, 0.5) is 0 Å². The van der Waals surface area contributed by atoms with Gasteiger partial charge in [-0.15, -0.1) is 0 Å². The summed E-state index contributed by atoms with van der Waals surface area (Å²) in [6, 6.07) is 8.97. The predicted molar refractivity (Wildman–Crippen MR) is 72.8 cm³/mol. The zero-order valence-electron chi connectivity index (χ0n) is 10.8. The second kappa shape index (κ2) is 5.83. The number of hydrogen-bond donors (Lipinski definition) is 2. The summed E-state index contributed by atoms with van der Waals surface area (Å²) in [5, 5.41) is 6.88. The van der Waals surface area contributed by atoms with E-state index in [1.165, 1.54) is 30.5 Å². The predicted octanol–water partition coefficient (Wildman–Crippen LogP) is 1.81. The van der Waals surface area contributed by atoms with Crippen LogP contribution in [0.25, 0.3) is 0 Å². The highest BCUT2D eigenvalue weighted by Crippen LogP contribution is 2.27. The van der Waals surface area contributed by atoms with Crippen molar-refractivity contribution >= 4 is 0 Å². The number of rotatable bonds is 2. The lowest BCUT2D eigenvalue weighted by molar-refractivity contribution is 0.0276. The Kier molecular flexibility index (Phi) is 3.93. The van der Waals surface area contributed by atoms with Gasteiger partial charge >= 0.3 is 0 Å². The third-order valence-electron chi connectivity index (χ3n) is 3.98. The first-order valence-electron chi connectivity index (χ1n) is 7.06. The van der Waals surface area contributed by atoms with Crippen molar-refractivity contribution in [3.8, 4) is 0 Å². The number of hydrogen-bond acceptors (Lipinski definition) is 3. The quantitative estimate of drug-likeness (QED) is 0.835. The molecule has 98 valence electrons. The minimum Gasteiger partial charge on any atom is -0.371 e. The van der Waals surface area contributed by atoms with E-state index in [1.54, 1.807) is 0 Å². The Bertz CT molecular complexity index is 349. The van der Waals surface area contributed by atoms with Crippen molar-refractivity contribution < 1.29 is 4.74 Å². The van der Waals surface area contributed by atoms with Crippen LogP contribution < -0.4 is 10.6 Å². The molecule has 2 aliphatic rings. The highest BCUT2D eigenvalue weighted by molar-refractivity contribution is 5.29. The number of ether oxygens (including phenoxy) is 1. The zero-order valence-corrected chi connectivity index (χ0v) is 10.8. The largest absolute Gasteiger partial charge is 0.371 e. The molecule has 1 aromatic carbocycles. The van der Waals surface area contributed by atoms with E-state index in [0.29, 0.717) is 5.92 Å². The summed E-state index contributed by atoms with van der Waals surface area (Å²) in [7, 11) is 0. The van der Waals surface area contributed by atoms with E-state index < -0.39 is 0 Å². The molecule has 2 heterocycles. The van der Waals surface area contributed by atoms with E-state index in [0.717, 1.165) is 26.2 Å². The Morgan fingerprint density at radius 1 is 1.06 bits per heavy atom. The molecule has 2 atom stereocenters. The molecule has 0 aliphatic carbocycles. The van der Waals surface area contributed by atoms with Gasteiger partial charge in [0, 0.05) is 19.6 Å². The van der Waals surface area contributed by atoms with Crippen molar-refractivity contribution in [1.82, 2.24) is 10.6 Å². The summed E-state index contributed by atoms with van der Waals surface area (Å²) < 4.78 is 5.83. The van der Waals surface area contributed by atoms with Gasteiger partial charge in [0.1, 0.15) is 0 Å². The number of piperidine rings is 1. The molecule has 3 rings (SSSR count). The smallest absolute Gasteiger partial charge is 0.0949 e. The SMILES string of the molecule is c1cc(C2CCCNC2)cc(C2CNCCO2)c1. The van der Waals surface area contributed by atoms with E-state index in [4.69, 9.17) is 4.74 Å². The first-order chi connectivity index (χ1) is 8.93. The van der Waals surface area contributed by atoms with Crippen molar-refractivity contribution in [1.29, 1.82) is 0 Å². The van der Waals surface area contributed by atoms with E-state index >= 15 is 0 Å². The molecule has 0 bridgehead atoms. The highest BCUT2D eigenvalue weighted by Gasteiger charge is 2.19. The van der Waals surface area contributed by atoms with Crippen molar-refractivity contribution in [2.45, 2.75) is 24.9 Å². The van der Waals surface area contributed by atoms with Crippen molar-refractivity contribution in [3.63, 3.8) is 0 Å². The molecule has 0 amide bonds. The molecule has 3 nitrogen and oxygen atoms in total. The normalized spacial score (nSPS) is 29.1. The molecule has 2 fully saturated rings. The first kappa shape index (κ1) is 12.2. The lowest BCUT2D eigenvalue weighted by Gasteiger charge is -2.26. The van der Waals surface area contributed by atoms with Crippen molar-refractivity contribution in [2.75, 3.05) is 32.8 Å². The molecule has 2 unspecified atom stereocenters. The molecule has 2 aliphatic heterocycles. The van der Waals surface area contributed by atoms with Gasteiger partial charge in [-0.1, -0.05) is 24.3 Å². The van der Waals surface area contributed by atoms with E-state index in [-0.39, 0.29) is 6.10 Å². The molecule has 3 heteroatoms. The van der Waals surface area contributed by atoms with Crippen LogP contribution in [-0.2, 0) is 4.74 Å². The Labute approximate surface area is 109 Å². The highest BCUT2D eigenvalue weighted by atomic mass is 16.5. The fourth-order valence-electron chi connectivity index (χ4n) is 2.93. The topological polar surface area (TPSA) is 33.3 Å². The van der Waals surface area contributed by atoms with E-state index in [9.17, 15) is 0 Å². The van der Waals surface area contributed by atoms with Gasteiger partial charge in [0.05, 0.1) is 12.7 Å². The maximum Gasteiger partial charge on any atom is 0.0949 e. The molecule has 0 aromatic heterocycles. The Morgan fingerprint density at radius 3 is 2.72 bits per heavy atom. The molecule has 18 heavy (non-hydrogen) atoms. The minimum atomic E-state index is 0.232. The number of benzene rings is 1. The number of nitrogens with one attached hydrogen (secondary N) is 2. The maximum atomic E-state index is 5.83. The summed E-state index contributed by atoms with van der Waals surface area (Å²) in [6.45, 7) is 5.02. The molecule has 2 saturated heterocycles. The van der Waals surface area contributed by atoms with Gasteiger partial charge in [-0.2, -0.15) is 0 Å². The van der Waals surface area contributed by atoms with Crippen LogP contribution >= 0.6 is 0 Å². The van der Waals surface area contributed by atoms with Crippen LogP contribution in [0, 0.1) is 0 Å². The van der Waals surface area contributed by atoms with Crippen LogP contribution in [0.3, 0.4) is 0 Å². The van der Waals surface area contributed by atoms with Crippen LogP contribution in [0.2, 0.25) is 0 Å². The molecule has 2 N–H and O–H groups in total. The average Bonchev–Trinajstić information content (AvgIpc) is 2.49. The Balaban J connectivity index is 1.75. The minimum absolute atomic E-state index is 0.232.